The van der Waals surface area contributed by atoms with Crippen LogP contribution in [-0.2, 0) is 11.3 Å². The first kappa shape index (κ1) is 16.8. The van der Waals surface area contributed by atoms with Gasteiger partial charge in [-0.3, -0.25) is 4.79 Å². The second-order valence-corrected chi connectivity index (χ2v) is 7.56. The topological polar surface area (TPSA) is 44.9 Å². The summed E-state index contributed by atoms with van der Waals surface area (Å²) in [6.07, 6.45) is 3.26. The number of carbonyl (C=O) groups excluding carboxylic acids is 1. The Kier molecular flexibility index (Phi) is 4.21. The molecule has 28 heavy (non-hydrogen) atoms. The number of aromatic amines is 1. The Bertz CT molecular complexity index is 1190. The van der Waals surface area contributed by atoms with E-state index in [2.05, 4.69) is 64.9 Å². The minimum atomic E-state index is 0.203. The molecule has 1 atom stereocenters. The average molecular weight is 366 g/mol. The summed E-state index contributed by atoms with van der Waals surface area (Å²) in [6, 6.07) is 25.2. The predicted octanol–water partition coefficient (Wildman–Crippen LogP) is 5.44. The summed E-state index contributed by atoms with van der Waals surface area (Å²) >= 11 is 0. The number of H-pyrrole nitrogens is 1. The van der Waals surface area contributed by atoms with Crippen molar-refractivity contribution in [2.24, 2.45) is 0 Å². The highest BCUT2D eigenvalue weighted by Gasteiger charge is 2.22. The van der Waals surface area contributed by atoms with Gasteiger partial charge in [0.2, 0.25) is 0 Å². The summed E-state index contributed by atoms with van der Waals surface area (Å²) in [5, 5.41) is 5.99. The fourth-order valence-corrected chi connectivity index (χ4v) is 4.20. The van der Waals surface area contributed by atoms with Crippen molar-refractivity contribution in [3.8, 4) is 0 Å². The largest absolute Gasteiger partial charge is 0.384 e. The van der Waals surface area contributed by atoms with Crippen LogP contribution < -0.4 is 5.32 Å². The predicted molar refractivity (Wildman–Crippen MR) is 114 cm³/mol. The van der Waals surface area contributed by atoms with Gasteiger partial charge in [0.05, 0.1) is 0 Å². The molecule has 0 spiro atoms. The van der Waals surface area contributed by atoms with Gasteiger partial charge in [0.1, 0.15) is 0 Å². The molecule has 0 fully saturated rings. The lowest BCUT2D eigenvalue weighted by Crippen LogP contribution is -2.21. The van der Waals surface area contributed by atoms with Gasteiger partial charge in [0.15, 0.2) is 5.78 Å². The fraction of sp³-hybridized carbons (Fsp3) is 0.160. The standard InChI is InChI=1S/C25H22N2O/c28-21-14-19(18-6-2-1-3-7-18)13-20(15-21)26-16-17-10-11-25-23(12-17)22-8-4-5-9-24(22)27-25/h1-12,15,19,26-27H,13-14,16H2. The van der Waals surface area contributed by atoms with Crippen LogP contribution in [0.1, 0.15) is 29.9 Å². The van der Waals surface area contributed by atoms with Gasteiger partial charge >= 0.3 is 0 Å². The zero-order chi connectivity index (χ0) is 18.9. The monoisotopic (exact) mass is 366 g/mol. The van der Waals surface area contributed by atoms with Gasteiger partial charge in [-0.25, -0.2) is 0 Å². The summed E-state index contributed by atoms with van der Waals surface area (Å²) < 4.78 is 0. The van der Waals surface area contributed by atoms with Crippen molar-refractivity contribution < 1.29 is 4.79 Å². The highest BCUT2D eigenvalue weighted by molar-refractivity contribution is 6.07. The van der Waals surface area contributed by atoms with Crippen LogP contribution in [0.15, 0.2) is 84.6 Å². The second kappa shape index (κ2) is 7.01. The van der Waals surface area contributed by atoms with Crippen LogP contribution in [0.2, 0.25) is 0 Å². The molecular formula is C25H22N2O. The smallest absolute Gasteiger partial charge is 0.158 e. The van der Waals surface area contributed by atoms with E-state index in [1.165, 1.54) is 21.9 Å². The number of benzene rings is 3. The molecule has 1 aliphatic carbocycles. The summed E-state index contributed by atoms with van der Waals surface area (Å²) in [7, 11) is 0. The van der Waals surface area contributed by atoms with E-state index >= 15 is 0 Å². The van der Waals surface area contributed by atoms with Crippen molar-refractivity contribution in [3.63, 3.8) is 0 Å². The van der Waals surface area contributed by atoms with E-state index in [9.17, 15) is 4.79 Å². The fourth-order valence-electron chi connectivity index (χ4n) is 4.20. The zero-order valence-corrected chi connectivity index (χ0v) is 15.6. The van der Waals surface area contributed by atoms with Gasteiger partial charge in [-0.1, -0.05) is 54.6 Å². The van der Waals surface area contributed by atoms with Crippen molar-refractivity contribution >= 4 is 27.6 Å². The van der Waals surface area contributed by atoms with Gasteiger partial charge in [0.25, 0.3) is 0 Å². The first-order chi connectivity index (χ1) is 13.8. The third-order valence-electron chi connectivity index (χ3n) is 5.61. The lowest BCUT2D eigenvalue weighted by molar-refractivity contribution is -0.115. The molecule has 138 valence electrons. The van der Waals surface area contributed by atoms with Gasteiger partial charge in [-0.2, -0.15) is 0 Å². The van der Waals surface area contributed by atoms with Crippen molar-refractivity contribution in [2.45, 2.75) is 25.3 Å². The first-order valence-corrected chi connectivity index (χ1v) is 9.78. The maximum atomic E-state index is 12.2. The van der Waals surface area contributed by atoms with Crippen LogP contribution >= 0.6 is 0 Å². The molecule has 5 rings (SSSR count). The molecule has 0 amide bonds. The Morgan fingerprint density at radius 2 is 1.64 bits per heavy atom. The van der Waals surface area contributed by atoms with Crippen molar-refractivity contribution in [3.05, 3.63) is 95.7 Å². The molecule has 3 aromatic carbocycles. The lowest BCUT2D eigenvalue weighted by atomic mass is 9.85. The van der Waals surface area contributed by atoms with Crippen molar-refractivity contribution in [2.75, 3.05) is 0 Å². The number of rotatable bonds is 4. The lowest BCUT2D eigenvalue weighted by Gasteiger charge is -2.23. The molecule has 1 aliphatic rings. The van der Waals surface area contributed by atoms with Crippen LogP contribution in [0.25, 0.3) is 21.8 Å². The number of carbonyl (C=O) groups is 1. The normalized spacial score (nSPS) is 17.1. The quantitative estimate of drug-likeness (QED) is 0.505. The zero-order valence-electron chi connectivity index (χ0n) is 15.6. The summed E-state index contributed by atoms with van der Waals surface area (Å²) in [5.41, 5.74) is 5.80. The van der Waals surface area contributed by atoms with E-state index < -0.39 is 0 Å². The molecular weight excluding hydrogens is 344 g/mol. The number of ketones is 1. The summed E-state index contributed by atoms with van der Waals surface area (Å²) in [5.74, 6) is 0.465. The third kappa shape index (κ3) is 3.20. The van der Waals surface area contributed by atoms with E-state index in [0.29, 0.717) is 6.42 Å². The minimum absolute atomic E-state index is 0.203. The van der Waals surface area contributed by atoms with Gasteiger partial charge in [0, 0.05) is 46.5 Å². The molecule has 0 saturated carbocycles. The number of aromatic nitrogens is 1. The third-order valence-corrected chi connectivity index (χ3v) is 5.61. The molecule has 1 unspecified atom stereocenters. The van der Waals surface area contributed by atoms with Crippen LogP contribution in [0, 0.1) is 0 Å². The minimum Gasteiger partial charge on any atom is -0.384 e. The van der Waals surface area contributed by atoms with Crippen LogP contribution in [0.4, 0.5) is 0 Å². The van der Waals surface area contributed by atoms with E-state index in [1.54, 1.807) is 6.08 Å². The van der Waals surface area contributed by atoms with Gasteiger partial charge in [-0.15, -0.1) is 0 Å². The Morgan fingerprint density at radius 3 is 2.54 bits per heavy atom. The van der Waals surface area contributed by atoms with Crippen molar-refractivity contribution in [1.82, 2.24) is 10.3 Å². The van der Waals surface area contributed by atoms with Gasteiger partial charge < -0.3 is 10.3 Å². The number of allylic oxidation sites excluding steroid dienone is 2. The number of para-hydroxylation sites is 1. The molecule has 1 aromatic heterocycles. The Morgan fingerprint density at radius 1 is 0.857 bits per heavy atom. The molecule has 3 nitrogen and oxygen atoms in total. The molecule has 0 aliphatic heterocycles. The highest BCUT2D eigenvalue weighted by atomic mass is 16.1. The molecule has 0 bridgehead atoms. The number of fused-ring (bicyclic) bond motifs is 3. The van der Waals surface area contributed by atoms with E-state index in [1.807, 2.05) is 18.2 Å². The van der Waals surface area contributed by atoms with E-state index in [-0.39, 0.29) is 11.7 Å². The summed E-state index contributed by atoms with van der Waals surface area (Å²) in [4.78, 5) is 15.7. The Balaban J connectivity index is 1.35. The molecule has 0 saturated heterocycles. The molecule has 4 aromatic rings. The highest BCUT2D eigenvalue weighted by Crippen LogP contribution is 2.31. The van der Waals surface area contributed by atoms with Gasteiger partial charge in [-0.05, 0) is 41.7 Å². The number of hydrogen-bond donors (Lipinski definition) is 2. The SMILES string of the molecule is O=C1C=C(NCc2ccc3[nH]c4ccccc4c3c2)CC(c2ccccc2)C1. The van der Waals surface area contributed by atoms with Crippen LogP contribution in [0.5, 0.6) is 0 Å². The molecule has 0 radical (unpaired) electrons. The second-order valence-electron chi connectivity index (χ2n) is 7.56. The average Bonchev–Trinajstić information content (AvgIpc) is 3.10. The van der Waals surface area contributed by atoms with E-state index in [4.69, 9.17) is 0 Å². The number of hydrogen-bond acceptors (Lipinski definition) is 2. The number of nitrogens with one attached hydrogen (secondary N) is 2. The Labute approximate surface area is 164 Å². The van der Waals surface area contributed by atoms with E-state index in [0.717, 1.165) is 29.7 Å². The van der Waals surface area contributed by atoms with Crippen LogP contribution in [0.3, 0.4) is 0 Å². The maximum absolute atomic E-state index is 12.2. The maximum Gasteiger partial charge on any atom is 0.158 e. The molecule has 3 heteroatoms. The molecule has 1 heterocycles. The summed E-state index contributed by atoms with van der Waals surface area (Å²) in [6.45, 7) is 0.718. The first-order valence-electron chi connectivity index (χ1n) is 9.78. The van der Waals surface area contributed by atoms with Crippen molar-refractivity contribution in [1.29, 1.82) is 0 Å². The van der Waals surface area contributed by atoms with Crippen LogP contribution in [-0.4, -0.2) is 10.8 Å². The molecule has 2 N–H and O–H groups in total. The Hall–Kier alpha value is -3.33.